The second kappa shape index (κ2) is 13.6. The van der Waals surface area contributed by atoms with Crippen molar-refractivity contribution in [2.24, 2.45) is 0 Å². The standard InChI is InChI=1S/C38H36ClN3O4/c1-38(2,3)46-37(43)42-20-18-28(19-21-42)29-14-16-33-30(22-29)23-32(35(39)40-33)31-15-17-34(44-24-26-10-6-4-7-11-26)41-36(31)45-25-27-12-8-5-9-13-27/h4-18,22-23H,19-21,24-25H2,1-3H3. The molecule has 0 radical (unpaired) electrons. The number of ether oxygens (including phenoxy) is 3. The van der Waals surface area contributed by atoms with Crippen molar-refractivity contribution in [2.45, 2.75) is 46.0 Å². The number of rotatable bonds is 8. The summed E-state index contributed by atoms with van der Waals surface area (Å²) in [5, 5.41) is 1.29. The SMILES string of the molecule is CC(C)(C)OC(=O)N1CC=C(c2ccc3nc(Cl)c(-c4ccc(OCc5ccccc5)nc4OCc4ccccc4)cc3c2)CC1. The van der Waals surface area contributed by atoms with Gasteiger partial charge in [0.2, 0.25) is 11.8 Å². The highest BCUT2D eigenvalue weighted by molar-refractivity contribution is 6.32. The van der Waals surface area contributed by atoms with Crippen molar-refractivity contribution in [1.82, 2.24) is 14.9 Å². The highest BCUT2D eigenvalue weighted by Gasteiger charge is 2.24. The molecule has 1 amide bonds. The maximum atomic E-state index is 12.5. The van der Waals surface area contributed by atoms with Crippen molar-refractivity contribution in [2.75, 3.05) is 13.1 Å². The molecule has 2 aromatic heterocycles. The van der Waals surface area contributed by atoms with Crippen LogP contribution in [-0.2, 0) is 18.0 Å². The number of halogens is 1. The van der Waals surface area contributed by atoms with Crippen molar-refractivity contribution in [1.29, 1.82) is 0 Å². The summed E-state index contributed by atoms with van der Waals surface area (Å²) in [6.45, 7) is 7.44. The topological polar surface area (TPSA) is 73.8 Å². The van der Waals surface area contributed by atoms with E-state index in [0.717, 1.165) is 39.6 Å². The number of hydrogen-bond acceptors (Lipinski definition) is 6. The number of benzene rings is 3. The number of carbonyl (C=O) groups excluding carboxylic acids is 1. The second-order valence-electron chi connectivity index (χ2n) is 12.2. The molecule has 8 heteroatoms. The Morgan fingerprint density at radius 2 is 1.52 bits per heavy atom. The van der Waals surface area contributed by atoms with Crippen LogP contribution in [0, 0.1) is 0 Å². The van der Waals surface area contributed by atoms with E-state index < -0.39 is 5.60 Å². The molecule has 0 fully saturated rings. The molecule has 3 aromatic carbocycles. The third kappa shape index (κ3) is 7.66. The smallest absolute Gasteiger partial charge is 0.410 e. The molecular formula is C38H36ClN3O4. The van der Waals surface area contributed by atoms with Crippen molar-refractivity contribution < 1.29 is 19.0 Å². The van der Waals surface area contributed by atoms with Gasteiger partial charge in [-0.1, -0.05) is 84.4 Å². The third-order valence-corrected chi connectivity index (χ3v) is 7.86. The Labute approximate surface area is 274 Å². The molecule has 3 heterocycles. The molecule has 0 N–H and O–H groups in total. The first-order valence-corrected chi connectivity index (χ1v) is 15.7. The number of amides is 1. The highest BCUT2D eigenvalue weighted by Crippen LogP contribution is 2.37. The van der Waals surface area contributed by atoms with Crippen LogP contribution in [0.25, 0.3) is 27.6 Å². The van der Waals surface area contributed by atoms with Gasteiger partial charge in [0.25, 0.3) is 0 Å². The van der Waals surface area contributed by atoms with Crippen molar-refractivity contribution in [3.05, 3.63) is 125 Å². The zero-order chi connectivity index (χ0) is 32.1. The number of carbonyl (C=O) groups is 1. The zero-order valence-corrected chi connectivity index (χ0v) is 27.0. The average molecular weight is 634 g/mol. The van der Waals surface area contributed by atoms with E-state index in [1.54, 1.807) is 4.90 Å². The minimum atomic E-state index is -0.525. The van der Waals surface area contributed by atoms with Gasteiger partial charge in [-0.3, -0.25) is 0 Å². The predicted molar refractivity (Wildman–Crippen MR) is 182 cm³/mol. The summed E-state index contributed by atoms with van der Waals surface area (Å²) >= 11 is 6.80. The Morgan fingerprint density at radius 3 is 2.17 bits per heavy atom. The lowest BCUT2D eigenvalue weighted by molar-refractivity contribution is 0.0270. The molecule has 0 saturated heterocycles. The number of nitrogens with zero attached hydrogens (tertiary/aromatic N) is 3. The average Bonchev–Trinajstić information content (AvgIpc) is 3.06. The van der Waals surface area contributed by atoms with Gasteiger partial charge in [0.05, 0.1) is 5.52 Å². The van der Waals surface area contributed by atoms with E-state index in [2.05, 4.69) is 18.2 Å². The van der Waals surface area contributed by atoms with Crippen LogP contribution in [0.3, 0.4) is 0 Å². The van der Waals surface area contributed by atoms with Crippen LogP contribution in [0.1, 0.15) is 43.9 Å². The fourth-order valence-electron chi connectivity index (χ4n) is 5.24. The van der Waals surface area contributed by atoms with Crippen molar-refractivity contribution in [3.63, 3.8) is 0 Å². The van der Waals surface area contributed by atoms with Crippen molar-refractivity contribution in [3.8, 4) is 22.9 Å². The van der Waals surface area contributed by atoms with Crippen LogP contribution in [-0.4, -0.2) is 39.7 Å². The Balaban J connectivity index is 1.29. The molecule has 0 bridgehead atoms. The Bertz CT molecular complexity index is 1870. The van der Waals surface area contributed by atoms with Crippen LogP contribution in [0.15, 0.2) is 103 Å². The summed E-state index contributed by atoms with van der Waals surface area (Å²) in [5.41, 5.74) is 6.01. The lowest BCUT2D eigenvalue weighted by atomic mass is 9.97. The van der Waals surface area contributed by atoms with Gasteiger partial charge in [-0.25, -0.2) is 9.78 Å². The van der Waals surface area contributed by atoms with E-state index >= 15 is 0 Å². The molecule has 0 spiro atoms. The van der Waals surface area contributed by atoms with Gasteiger partial charge >= 0.3 is 6.09 Å². The molecule has 7 nitrogen and oxygen atoms in total. The summed E-state index contributed by atoms with van der Waals surface area (Å²) in [6, 6.07) is 31.8. The monoisotopic (exact) mass is 633 g/mol. The third-order valence-electron chi connectivity index (χ3n) is 7.57. The van der Waals surface area contributed by atoms with E-state index in [-0.39, 0.29) is 6.09 Å². The molecule has 0 unspecified atom stereocenters. The number of hydrogen-bond donors (Lipinski definition) is 0. The molecule has 46 heavy (non-hydrogen) atoms. The quantitative estimate of drug-likeness (QED) is 0.159. The molecule has 1 aliphatic heterocycles. The van der Waals surface area contributed by atoms with Gasteiger partial charge < -0.3 is 19.1 Å². The minimum Gasteiger partial charge on any atom is -0.473 e. The Morgan fingerprint density at radius 1 is 0.826 bits per heavy atom. The van der Waals surface area contributed by atoms with Gasteiger partial charge in [-0.2, -0.15) is 4.98 Å². The first-order valence-electron chi connectivity index (χ1n) is 15.3. The van der Waals surface area contributed by atoms with E-state index in [9.17, 15) is 4.79 Å². The fraction of sp³-hybridized carbons (Fsp3) is 0.237. The van der Waals surface area contributed by atoms with Gasteiger partial charge in [0.1, 0.15) is 24.0 Å². The summed E-state index contributed by atoms with van der Waals surface area (Å²) < 4.78 is 17.9. The molecular weight excluding hydrogens is 598 g/mol. The largest absolute Gasteiger partial charge is 0.473 e. The maximum Gasteiger partial charge on any atom is 0.410 e. The number of aromatic nitrogens is 2. The van der Waals surface area contributed by atoms with Gasteiger partial charge in [0, 0.05) is 35.7 Å². The maximum absolute atomic E-state index is 12.5. The summed E-state index contributed by atoms with van der Waals surface area (Å²) in [4.78, 5) is 23.8. The lowest BCUT2D eigenvalue weighted by Crippen LogP contribution is -2.39. The normalized spacial score (nSPS) is 13.3. The van der Waals surface area contributed by atoms with Crippen molar-refractivity contribution >= 4 is 34.2 Å². The Kier molecular flexibility index (Phi) is 9.22. The molecule has 0 saturated carbocycles. The van der Waals surface area contributed by atoms with E-state index in [1.165, 1.54) is 5.57 Å². The molecule has 6 rings (SSSR count). The first kappa shape index (κ1) is 31.1. The first-order chi connectivity index (χ1) is 22.2. The van der Waals surface area contributed by atoms with Crippen LogP contribution < -0.4 is 9.47 Å². The van der Waals surface area contributed by atoms with Gasteiger partial charge in [-0.15, -0.1) is 0 Å². The highest BCUT2D eigenvalue weighted by atomic mass is 35.5. The van der Waals surface area contributed by atoms with Crippen LogP contribution >= 0.6 is 11.6 Å². The van der Waals surface area contributed by atoms with Gasteiger partial charge in [0.15, 0.2) is 0 Å². The summed E-state index contributed by atoms with van der Waals surface area (Å²) in [6.07, 6.45) is 2.52. The van der Waals surface area contributed by atoms with Crippen LogP contribution in [0.5, 0.6) is 11.8 Å². The lowest BCUT2D eigenvalue weighted by Gasteiger charge is -2.29. The number of pyridine rings is 2. The van der Waals surface area contributed by atoms with E-state index in [4.69, 9.17) is 35.8 Å². The van der Waals surface area contributed by atoms with Crippen LogP contribution in [0.2, 0.25) is 5.15 Å². The minimum absolute atomic E-state index is 0.292. The Hall–Kier alpha value is -4.88. The van der Waals surface area contributed by atoms with E-state index in [0.29, 0.717) is 48.8 Å². The second-order valence-corrected chi connectivity index (χ2v) is 12.5. The number of fused-ring (bicyclic) bond motifs is 1. The zero-order valence-electron chi connectivity index (χ0n) is 26.2. The fourth-order valence-corrected chi connectivity index (χ4v) is 5.49. The molecule has 0 atom stereocenters. The van der Waals surface area contributed by atoms with Gasteiger partial charge in [-0.05, 0) is 73.7 Å². The van der Waals surface area contributed by atoms with Crippen LogP contribution in [0.4, 0.5) is 4.79 Å². The molecule has 1 aliphatic rings. The molecule has 234 valence electrons. The predicted octanol–water partition coefficient (Wildman–Crippen LogP) is 9.13. The summed E-state index contributed by atoms with van der Waals surface area (Å²) in [7, 11) is 0. The molecule has 0 aliphatic carbocycles. The van der Waals surface area contributed by atoms with E-state index in [1.807, 2.05) is 106 Å². The summed E-state index contributed by atoms with van der Waals surface area (Å²) in [5.74, 6) is 0.860. The molecule has 5 aromatic rings.